The van der Waals surface area contributed by atoms with Crippen LogP contribution >= 0.6 is 0 Å². The number of amides is 1. The minimum atomic E-state index is -2.68. The Morgan fingerprint density at radius 1 is 1.50 bits per heavy atom. The van der Waals surface area contributed by atoms with Gasteiger partial charge in [-0.15, -0.1) is 0 Å². The zero-order valence-corrected chi connectivity index (χ0v) is 11.7. The number of alkyl halides is 2. The molecule has 1 aliphatic carbocycles. The van der Waals surface area contributed by atoms with Gasteiger partial charge in [0.15, 0.2) is 5.82 Å². The predicted octanol–water partition coefficient (Wildman–Crippen LogP) is 1.97. The lowest BCUT2D eigenvalue weighted by molar-refractivity contribution is 0.0949. The van der Waals surface area contributed by atoms with Gasteiger partial charge in [0.1, 0.15) is 11.4 Å². The Balaban J connectivity index is 1.47. The van der Waals surface area contributed by atoms with E-state index in [9.17, 15) is 13.6 Å². The zero-order valence-electron chi connectivity index (χ0n) is 11.7. The van der Waals surface area contributed by atoms with E-state index in [2.05, 4.69) is 25.7 Å². The summed E-state index contributed by atoms with van der Waals surface area (Å²) in [5, 5.41) is 12.1. The second kappa shape index (κ2) is 6.20. The second-order valence-corrected chi connectivity index (χ2v) is 5.19. The van der Waals surface area contributed by atoms with E-state index in [4.69, 9.17) is 4.52 Å². The number of rotatable bonds is 6. The van der Waals surface area contributed by atoms with E-state index in [1.807, 2.05) is 0 Å². The number of aromatic nitrogens is 4. The Hall–Kier alpha value is -2.32. The molecule has 2 aromatic rings. The SMILES string of the molecule is O=C(NCCc1noc(C2CCC2)n1)c1cc(C(F)F)[nH]n1. The van der Waals surface area contributed by atoms with Gasteiger partial charge in [-0.25, -0.2) is 8.78 Å². The fraction of sp³-hybridized carbons (Fsp3) is 0.538. The zero-order chi connectivity index (χ0) is 15.5. The normalized spacial score (nSPS) is 15.0. The molecule has 1 saturated carbocycles. The number of nitrogens with one attached hydrogen (secondary N) is 2. The van der Waals surface area contributed by atoms with Crippen LogP contribution in [-0.2, 0) is 6.42 Å². The summed E-state index contributed by atoms with van der Waals surface area (Å²) in [5.74, 6) is 1.03. The molecule has 0 unspecified atom stereocenters. The van der Waals surface area contributed by atoms with Gasteiger partial charge >= 0.3 is 0 Å². The fourth-order valence-electron chi connectivity index (χ4n) is 2.13. The number of hydrogen-bond donors (Lipinski definition) is 2. The van der Waals surface area contributed by atoms with Crippen LogP contribution in [0.5, 0.6) is 0 Å². The molecule has 2 aromatic heterocycles. The summed E-state index contributed by atoms with van der Waals surface area (Å²) in [6.45, 7) is 0.277. The van der Waals surface area contributed by atoms with E-state index < -0.39 is 12.3 Å². The molecule has 3 rings (SSSR count). The van der Waals surface area contributed by atoms with Crippen molar-refractivity contribution in [1.29, 1.82) is 0 Å². The molecule has 2 heterocycles. The molecular formula is C13H15F2N5O2. The highest BCUT2D eigenvalue weighted by Crippen LogP contribution is 2.35. The first-order valence-corrected chi connectivity index (χ1v) is 7.07. The molecule has 7 nitrogen and oxygen atoms in total. The molecule has 0 bridgehead atoms. The summed E-state index contributed by atoms with van der Waals surface area (Å²) >= 11 is 0. The standard InChI is InChI=1S/C13H15F2N5O2/c14-11(15)8-6-9(19-18-8)12(21)16-5-4-10-17-13(22-20-10)7-2-1-3-7/h6-7,11H,1-5H2,(H,16,21)(H,18,19). The molecule has 0 saturated heterocycles. The van der Waals surface area contributed by atoms with Crippen molar-refractivity contribution in [2.24, 2.45) is 0 Å². The predicted molar refractivity (Wildman–Crippen MR) is 70.5 cm³/mol. The van der Waals surface area contributed by atoms with Crippen LogP contribution in [0.3, 0.4) is 0 Å². The first kappa shape index (κ1) is 14.6. The van der Waals surface area contributed by atoms with Crippen molar-refractivity contribution >= 4 is 5.91 Å². The summed E-state index contributed by atoms with van der Waals surface area (Å²) in [6.07, 6.45) is 1.06. The van der Waals surface area contributed by atoms with Crippen LogP contribution in [0, 0.1) is 0 Å². The quantitative estimate of drug-likeness (QED) is 0.850. The largest absolute Gasteiger partial charge is 0.350 e. The van der Waals surface area contributed by atoms with E-state index >= 15 is 0 Å². The number of aromatic amines is 1. The van der Waals surface area contributed by atoms with Crippen molar-refractivity contribution in [3.05, 3.63) is 29.2 Å². The Morgan fingerprint density at radius 3 is 2.95 bits per heavy atom. The molecule has 2 N–H and O–H groups in total. The molecule has 9 heteroatoms. The Morgan fingerprint density at radius 2 is 2.32 bits per heavy atom. The molecule has 0 aromatic carbocycles. The van der Waals surface area contributed by atoms with Gasteiger partial charge < -0.3 is 9.84 Å². The molecule has 0 spiro atoms. The Bertz CT molecular complexity index is 650. The maximum Gasteiger partial charge on any atom is 0.279 e. The Kier molecular flexibility index (Phi) is 4.12. The first-order chi connectivity index (χ1) is 10.6. The van der Waals surface area contributed by atoms with Gasteiger partial charge in [0, 0.05) is 18.9 Å². The van der Waals surface area contributed by atoms with E-state index in [1.165, 1.54) is 6.42 Å². The summed E-state index contributed by atoms with van der Waals surface area (Å²) in [7, 11) is 0. The topological polar surface area (TPSA) is 96.7 Å². The second-order valence-electron chi connectivity index (χ2n) is 5.19. The summed E-state index contributed by atoms with van der Waals surface area (Å²) in [5.41, 5.74) is -0.452. The number of carbonyl (C=O) groups is 1. The van der Waals surface area contributed by atoms with Crippen LogP contribution in [-0.4, -0.2) is 32.8 Å². The third-order valence-corrected chi connectivity index (χ3v) is 3.64. The molecule has 0 atom stereocenters. The number of halogens is 2. The molecule has 1 amide bonds. The van der Waals surface area contributed by atoms with E-state index in [-0.39, 0.29) is 17.9 Å². The lowest BCUT2D eigenvalue weighted by Crippen LogP contribution is -2.26. The third kappa shape index (κ3) is 3.12. The van der Waals surface area contributed by atoms with Gasteiger partial charge in [0.2, 0.25) is 5.89 Å². The molecule has 118 valence electrons. The fourth-order valence-corrected chi connectivity index (χ4v) is 2.13. The van der Waals surface area contributed by atoms with Crippen LogP contribution in [0.25, 0.3) is 0 Å². The van der Waals surface area contributed by atoms with Crippen LogP contribution in [0.1, 0.15) is 59.5 Å². The van der Waals surface area contributed by atoms with Crippen molar-refractivity contribution in [3.8, 4) is 0 Å². The van der Waals surface area contributed by atoms with Gasteiger partial charge in [0.05, 0.1) is 0 Å². The van der Waals surface area contributed by atoms with Gasteiger partial charge in [-0.1, -0.05) is 11.6 Å². The average Bonchev–Trinajstić information content (AvgIpc) is 3.06. The van der Waals surface area contributed by atoms with E-state index in [1.54, 1.807) is 0 Å². The summed E-state index contributed by atoms with van der Waals surface area (Å²) in [4.78, 5) is 16.0. The highest BCUT2D eigenvalue weighted by atomic mass is 19.3. The molecular weight excluding hydrogens is 296 g/mol. The van der Waals surface area contributed by atoms with Crippen molar-refractivity contribution in [2.75, 3.05) is 6.54 Å². The Labute approximate surface area is 124 Å². The molecule has 0 aliphatic heterocycles. The number of hydrogen-bond acceptors (Lipinski definition) is 5. The molecule has 22 heavy (non-hydrogen) atoms. The van der Waals surface area contributed by atoms with Crippen molar-refractivity contribution in [3.63, 3.8) is 0 Å². The monoisotopic (exact) mass is 311 g/mol. The summed E-state index contributed by atoms with van der Waals surface area (Å²) < 4.78 is 29.9. The maximum atomic E-state index is 12.4. The van der Waals surface area contributed by atoms with Crippen molar-refractivity contribution in [1.82, 2.24) is 25.7 Å². The van der Waals surface area contributed by atoms with Crippen molar-refractivity contribution in [2.45, 2.75) is 38.0 Å². The maximum absolute atomic E-state index is 12.4. The third-order valence-electron chi connectivity index (χ3n) is 3.64. The minimum absolute atomic E-state index is 0.0708. The average molecular weight is 311 g/mol. The highest BCUT2D eigenvalue weighted by molar-refractivity contribution is 5.92. The van der Waals surface area contributed by atoms with E-state index in [0.29, 0.717) is 24.1 Å². The first-order valence-electron chi connectivity index (χ1n) is 7.07. The lowest BCUT2D eigenvalue weighted by atomic mass is 9.85. The van der Waals surface area contributed by atoms with Gasteiger partial charge in [0.25, 0.3) is 12.3 Å². The molecule has 0 radical (unpaired) electrons. The molecule has 1 aliphatic rings. The van der Waals surface area contributed by atoms with E-state index in [0.717, 1.165) is 18.9 Å². The molecule has 1 fully saturated rings. The van der Waals surface area contributed by atoms with Crippen LogP contribution < -0.4 is 5.32 Å². The van der Waals surface area contributed by atoms with Gasteiger partial charge in [-0.3, -0.25) is 9.89 Å². The van der Waals surface area contributed by atoms with Gasteiger partial charge in [-0.2, -0.15) is 10.1 Å². The number of carbonyl (C=O) groups excluding carboxylic acids is 1. The minimum Gasteiger partial charge on any atom is -0.350 e. The van der Waals surface area contributed by atoms with Crippen LogP contribution in [0.4, 0.5) is 8.78 Å². The highest BCUT2D eigenvalue weighted by Gasteiger charge is 2.25. The van der Waals surface area contributed by atoms with Crippen LogP contribution in [0.2, 0.25) is 0 Å². The summed E-state index contributed by atoms with van der Waals surface area (Å²) in [6, 6.07) is 1.03. The van der Waals surface area contributed by atoms with Gasteiger partial charge in [-0.05, 0) is 18.9 Å². The lowest BCUT2D eigenvalue weighted by Gasteiger charge is -2.20. The smallest absolute Gasteiger partial charge is 0.279 e. The number of nitrogens with zero attached hydrogens (tertiary/aromatic N) is 3. The van der Waals surface area contributed by atoms with Crippen LogP contribution in [0.15, 0.2) is 10.6 Å². The van der Waals surface area contributed by atoms with Crippen molar-refractivity contribution < 1.29 is 18.1 Å². The number of H-pyrrole nitrogens is 1.